The van der Waals surface area contributed by atoms with Crippen molar-refractivity contribution in [2.45, 2.75) is 6.42 Å². The fourth-order valence-corrected chi connectivity index (χ4v) is 0.766. The minimum Gasteiger partial charge on any atom is -0.494 e. The molecule has 0 atom stereocenters. The Labute approximate surface area is 87.3 Å². The third kappa shape index (κ3) is 7.35. The molecule has 0 aromatic carbocycles. The van der Waals surface area contributed by atoms with E-state index < -0.39 is 0 Å². The summed E-state index contributed by atoms with van der Waals surface area (Å²) in [6, 6.07) is 1.90. The van der Waals surface area contributed by atoms with Crippen molar-refractivity contribution in [1.29, 1.82) is 5.26 Å². The summed E-state index contributed by atoms with van der Waals surface area (Å²) in [5, 5.41) is 9.30. The average molecular weight is 242 g/mol. The van der Waals surface area contributed by atoms with E-state index in [0.29, 0.717) is 17.9 Å². The molecular weight excluding hydrogens is 230 g/mol. The number of hydrogen-bond donors (Lipinski definition) is 0. The molecule has 0 aliphatic rings. The first-order chi connectivity index (χ1) is 6.20. The van der Waals surface area contributed by atoms with Crippen LogP contribution in [0.3, 0.4) is 0 Å². The number of nitrogens with zero attached hydrogens (tertiary/aromatic N) is 1. The SMILES string of the molecule is C=C(C#N)/C=C\C(=C)OCCCBr. The van der Waals surface area contributed by atoms with Gasteiger partial charge in [-0.1, -0.05) is 29.1 Å². The maximum Gasteiger partial charge on any atom is 0.112 e. The summed E-state index contributed by atoms with van der Waals surface area (Å²) < 4.78 is 5.22. The summed E-state index contributed by atoms with van der Waals surface area (Å²) in [6.07, 6.45) is 4.16. The lowest BCUT2D eigenvalue weighted by molar-refractivity contribution is 0.227. The van der Waals surface area contributed by atoms with Crippen molar-refractivity contribution in [2.75, 3.05) is 11.9 Å². The van der Waals surface area contributed by atoms with Crippen LogP contribution in [-0.4, -0.2) is 11.9 Å². The highest BCUT2D eigenvalue weighted by atomic mass is 79.9. The maximum absolute atomic E-state index is 8.38. The van der Waals surface area contributed by atoms with Crippen LogP contribution in [0.5, 0.6) is 0 Å². The lowest BCUT2D eigenvalue weighted by Gasteiger charge is -2.02. The van der Waals surface area contributed by atoms with Crippen LogP contribution in [0.1, 0.15) is 6.42 Å². The van der Waals surface area contributed by atoms with Crippen LogP contribution in [-0.2, 0) is 4.74 Å². The number of alkyl halides is 1. The van der Waals surface area contributed by atoms with Crippen molar-refractivity contribution in [3.63, 3.8) is 0 Å². The summed E-state index contributed by atoms with van der Waals surface area (Å²) in [4.78, 5) is 0. The van der Waals surface area contributed by atoms with Crippen LogP contribution in [0.25, 0.3) is 0 Å². The zero-order chi connectivity index (χ0) is 10.1. The molecule has 0 fully saturated rings. The first-order valence-corrected chi connectivity index (χ1v) is 4.97. The molecule has 2 nitrogen and oxygen atoms in total. The first-order valence-electron chi connectivity index (χ1n) is 3.85. The van der Waals surface area contributed by atoms with Crippen LogP contribution >= 0.6 is 15.9 Å². The van der Waals surface area contributed by atoms with Gasteiger partial charge in [-0.2, -0.15) is 5.26 Å². The van der Waals surface area contributed by atoms with Crippen LogP contribution in [0.15, 0.2) is 36.6 Å². The molecule has 0 amide bonds. The Bertz CT molecular complexity index is 250. The van der Waals surface area contributed by atoms with E-state index in [1.165, 1.54) is 0 Å². The van der Waals surface area contributed by atoms with Crippen LogP contribution in [0, 0.1) is 11.3 Å². The van der Waals surface area contributed by atoms with Crippen LogP contribution < -0.4 is 0 Å². The number of rotatable bonds is 6. The van der Waals surface area contributed by atoms with Crippen molar-refractivity contribution in [2.24, 2.45) is 0 Å². The van der Waals surface area contributed by atoms with Crippen LogP contribution in [0.2, 0.25) is 0 Å². The number of allylic oxidation sites excluding steroid dienone is 3. The number of hydrogen-bond acceptors (Lipinski definition) is 2. The molecule has 0 spiro atoms. The minimum absolute atomic E-state index is 0.394. The highest BCUT2D eigenvalue weighted by Gasteiger charge is 1.89. The molecule has 0 unspecified atom stereocenters. The van der Waals surface area contributed by atoms with E-state index in [0.717, 1.165) is 11.8 Å². The van der Waals surface area contributed by atoms with E-state index in [1.54, 1.807) is 12.2 Å². The van der Waals surface area contributed by atoms with Crippen molar-refractivity contribution in [3.05, 3.63) is 36.6 Å². The minimum atomic E-state index is 0.394. The monoisotopic (exact) mass is 241 g/mol. The highest BCUT2D eigenvalue weighted by Crippen LogP contribution is 2.00. The Morgan fingerprint density at radius 3 is 2.69 bits per heavy atom. The Morgan fingerprint density at radius 1 is 1.46 bits per heavy atom. The van der Waals surface area contributed by atoms with Gasteiger partial charge >= 0.3 is 0 Å². The third-order valence-electron chi connectivity index (χ3n) is 1.18. The number of ether oxygens (including phenoxy) is 1. The van der Waals surface area contributed by atoms with E-state index in [2.05, 4.69) is 29.1 Å². The van der Waals surface area contributed by atoms with Gasteiger partial charge in [0.2, 0.25) is 0 Å². The lowest BCUT2D eigenvalue weighted by Crippen LogP contribution is -1.92. The Hall–Kier alpha value is -1.01. The van der Waals surface area contributed by atoms with Gasteiger partial charge in [0, 0.05) is 10.9 Å². The zero-order valence-corrected chi connectivity index (χ0v) is 9.01. The fourth-order valence-electron chi connectivity index (χ4n) is 0.537. The van der Waals surface area contributed by atoms with E-state index in [-0.39, 0.29) is 0 Å². The van der Waals surface area contributed by atoms with Crippen molar-refractivity contribution >= 4 is 15.9 Å². The van der Waals surface area contributed by atoms with Crippen LogP contribution in [0.4, 0.5) is 0 Å². The molecule has 0 saturated carbocycles. The molecule has 0 saturated heterocycles. The Kier molecular flexibility index (Phi) is 7.04. The van der Waals surface area contributed by atoms with E-state index in [9.17, 15) is 0 Å². The fraction of sp³-hybridized carbons (Fsp3) is 0.300. The van der Waals surface area contributed by atoms with Gasteiger partial charge in [-0.05, 0) is 18.6 Å². The maximum atomic E-state index is 8.38. The molecule has 0 aromatic heterocycles. The van der Waals surface area contributed by atoms with Crippen molar-refractivity contribution in [3.8, 4) is 6.07 Å². The van der Waals surface area contributed by atoms with Gasteiger partial charge in [-0.3, -0.25) is 0 Å². The molecule has 0 bridgehead atoms. The zero-order valence-electron chi connectivity index (χ0n) is 7.42. The predicted molar refractivity (Wildman–Crippen MR) is 57.4 cm³/mol. The second-order valence-corrected chi connectivity index (χ2v) is 3.12. The quantitative estimate of drug-likeness (QED) is 0.236. The highest BCUT2D eigenvalue weighted by molar-refractivity contribution is 9.09. The summed E-state index contributed by atoms with van der Waals surface area (Å²) in [5.41, 5.74) is 0.394. The number of nitriles is 1. The van der Waals surface area contributed by atoms with E-state index >= 15 is 0 Å². The molecule has 0 radical (unpaired) electrons. The van der Waals surface area contributed by atoms with Gasteiger partial charge in [-0.25, -0.2) is 0 Å². The van der Waals surface area contributed by atoms with E-state index in [1.807, 2.05) is 6.07 Å². The largest absolute Gasteiger partial charge is 0.494 e. The second kappa shape index (κ2) is 7.63. The molecular formula is C10H12BrNO. The molecule has 0 N–H and O–H groups in total. The van der Waals surface area contributed by atoms with E-state index in [4.69, 9.17) is 10.00 Å². The summed E-state index contributed by atoms with van der Waals surface area (Å²) in [7, 11) is 0. The van der Waals surface area contributed by atoms with Gasteiger partial charge in [0.25, 0.3) is 0 Å². The normalized spacial score (nSPS) is 9.54. The molecule has 0 heterocycles. The van der Waals surface area contributed by atoms with Gasteiger partial charge in [-0.15, -0.1) is 0 Å². The summed E-state index contributed by atoms with van der Waals surface area (Å²) >= 11 is 3.29. The molecule has 0 aliphatic heterocycles. The molecule has 13 heavy (non-hydrogen) atoms. The number of halogens is 1. The lowest BCUT2D eigenvalue weighted by atomic mass is 10.3. The van der Waals surface area contributed by atoms with Gasteiger partial charge < -0.3 is 4.74 Å². The molecule has 70 valence electrons. The second-order valence-electron chi connectivity index (χ2n) is 2.33. The predicted octanol–water partition coefficient (Wildman–Crippen LogP) is 2.94. The smallest absolute Gasteiger partial charge is 0.112 e. The molecule has 0 aliphatic carbocycles. The van der Waals surface area contributed by atoms with Gasteiger partial charge in [0.15, 0.2) is 0 Å². The standard InChI is InChI=1S/C10H12BrNO/c1-9(8-12)4-5-10(2)13-7-3-6-11/h4-5H,1-3,6-7H2/b5-4-. The summed E-state index contributed by atoms with van der Waals surface area (Å²) in [5.74, 6) is 0.553. The molecule has 3 heteroatoms. The average Bonchev–Trinajstić information content (AvgIpc) is 2.14. The Morgan fingerprint density at radius 2 is 2.15 bits per heavy atom. The third-order valence-corrected chi connectivity index (χ3v) is 1.74. The summed E-state index contributed by atoms with van der Waals surface area (Å²) in [6.45, 7) is 7.78. The van der Waals surface area contributed by atoms with Gasteiger partial charge in [0.1, 0.15) is 5.76 Å². The topological polar surface area (TPSA) is 33.0 Å². The van der Waals surface area contributed by atoms with Crippen molar-refractivity contribution in [1.82, 2.24) is 0 Å². The van der Waals surface area contributed by atoms with Crippen molar-refractivity contribution < 1.29 is 4.74 Å². The molecule has 0 aromatic rings. The molecule has 0 rings (SSSR count). The van der Waals surface area contributed by atoms with Gasteiger partial charge in [0.05, 0.1) is 12.7 Å². The Balaban J connectivity index is 3.69. The first kappa shape index (κ1) is 12.0.